The first-order chi connectivity index (χ1) is 9.83. The molecule has 5 heteroatoms. The van der Waals surface area contributed by atoms with Crippen LogP contribution in [0, 0.1) is 6.92 Å². The van der Waals surface area contributed by atoms with Gasteiger partial charge in [-0.05, 0) is 30.9 Å². The second-order valence-electron chi connectivity index (χ2n) is 5.14. The molecule has 0 saturated carbocycles. The van der Waals surface area contributed by atoms with Crippen molar-refractivity contribution < 1.29 is 4.52 Å². The van der Waals surface area contributed by atoms with Crippen LogP contribution < -0.4 is 10.6 Å². The van der Waals surface area contributed by atoms with Crippen molar-refractivity contribution in [3.8, 4) is 0 Å². The first-order valence-corrected chi connectivity index (χ1v) is 7.17. The number of nitrogens with one attached hydrogen (secondary N) is 2. The first kappa shape index (κ1) is 13.1. The molecule has 3 rings (SSSR count). The number of hydrogen-bond acceptors (Lipinski definition) is 5. The van der Waals surface area contributed by atoms with Crippen molar-refractivity contribution in [1.29, 1.82) is 0 Å². The Balaban J connectivity index is 1.53. The van der Waals surface area contributed by atoms with Gasteiger partial charge in [-0.3, -0.25) is 0 Å². The standard InChI is InChI=1S/C15H20N4O/c1-11-18-14(20-19-11)7-9-16-10-13-5-2-4-12-6-3-8-17-15(12)13/h2,4-5,16-17H,3,6-10H2,1H3. The van der Waals surface area contributed by atoms with E-state index in [1.54, 1.807) is 0 Å². The van der Waals surface area contributed by atoms with Crippen molar-refractivity contribution in [3.63, 3.8) is 0 Å². The van der Waals surface area contributed by atoms with Gasteiger partial charge in [0.2, 0.25) is 5.89 Å². The Morgan fingerprint density at radius 3 is 3.20 bits per heavy atom. The van der Waals surface area contributed by atoms with Crippen LogP contribution in [-0.2, 0) is 19.4 Å². The lowest BCUT2D eigenvalue weighted by Gasteiger charge is -2.21. The Morgan fingerprint density at radius 1 is 1.40 bits per heavy atom. The lowest BCUT2D eigenvalue weighted by molar-refractivity contribution is 0.372. The highest BCUT2D eigenvalue weighted by Gasteiger charge is 2.11. The number of hydrogen-bond donors (Lipinski definition) is 2. The van der Waals surface area contributed by atoms with E-state index in [4.69, 9.17) is 4.52 Å². The van der Waals surface area contributed by atoms with Crippen molar-refractivity contribution in [2.45, 2.75) is 32.7 Å². The number of para-hydroxylation sites is 1. The van der Waals surface area contributed by atoms with Crippen LogP contribution in [0.5, 0.6) is 0 Å². The summed E-state index contributed by atoms with van der Waals surface area (Å²) in [7, 11) is 0. The highest BCUT2D eigenvalue weighted by Crippen LogP contribution is 2.25. The van der Waals surface area contributed by atoms with E-state index in [0.29, 0.717) is 11.7 Å². The molecule has 1 aromatic heterocycles. The molecule has 0 unspecified atom stereocenters. The molecule has 20 heavy (non-hydrogen) atoms. The van der Waals surface area contributed by atoms with E-state index < -0.39 is 0 Å². The molecule has 0 amide bonds. The molecule has 1 aromatic carbocycles. The SMILES string of the molecule is Cc1noc(CCNCc2cccc3c2NCCC3)n1. The monoisotopic (exact) mass is 272 g/mol. The number of anilines is 1. The maximum Gasteiger partial charge on any atom is 0.227 e. The Morgan fingerprint density at radius 2 is 2.35 bits per heavy atom. The molecular formula is C15H20N4O. The molecule has 0 radical (unpaired) electrons. The van der Waals surface area contributed by atoms with Gasteiger partial charge in [0.05, 0.1) is 0 Å². The molecule has 0 fully saturated rings. The Hall–Kier alpha value is -1.88. The van der Waals surface area contributed by atoms with Crippen molar-refractivity contribution in [1.82, 2.24) is 15.5 Å². The van der Waals surface area contributed by atoms with E-state index in [1.165, 1.54) is 29.7 Å². The van der Waals surface area contributed by atoms with E-state index in [1.807, 2.05) is 6.92 Å². The fourth-order valence-electron chi connectivity index (χ4n) is 2.59. The minimum absolute atomic E-state index is 0.696. The third-order valence-corrected chi connectivity index (χ3v) is 3.56. The second kappa shape index (κ2) is 6.05. The molecule has 1 aliphatic rings. The summed E-state index contributed by atoms with van der Waals surface area (Å²) >= 11 is 0. The van der Waals surface area contributed by atoms with Gasteiger partial charge in [0.1, 0.15) is 0 Å². The van der Waals surface area contributed by atoms with E-state index in [-0.39, 0.29) is 0 Å². The van der Waals surface area contributed by atoms with Gasteiger partial charge in [0.25, 0.3) is 0 Å². The lowest BCUT2D eigenvalue weighted by atomic mass is 9.99. The molecule has 0 spiro atoms. The summed E-state index contributed by atoms with van der Waals surface area (Å²) < 4.78 is 5.09. The molecule has 1 aliphatic heterocycles. The summed E-state index contributed by atoms with van der Waals surface area (Å²) in [4.78, 5) is 4.20. The minimum Gasteiger partial charge on any atom is -0.385 e. The van der Waals surface area contributed by atoms with Crippen molar-refractivity contribution in [2.75, 3.05) is 18.4 Å². The van der Waals surface area contributed by atoms with Crippen molar-refractivity contribution in [3.05, 3.63) is 41.0 Å². The van der Waals surface area contributed by atoms with Crippen LogP contribution in [0.3, 0.4) is 0 Å². The van der Waals surface area contributed by atoms with Gasteiger partial charge in [-0.2, -0.15) is 4.98 Å². The zero-order valence-corrected chi connectivity index (χ0v) is 11.8. The molecule has 0 aliphatic carbocycles. The minimum atomic E-state index is 0.696. The van der Waals surface area contributed by atoms with Gasteiger partial charge < -0.3 is 15.2 Å². The van der Waals surface area contributed by atoms with Gasteiger partial charge in [-0.15, -0.1) is 0 Å². The summed E-state index contributed by atoms with van der Waals surface area (Å²) in [6.45, 7) is 4.61. The van der Waals surface area contributed by atoms with Crippen LogP contribution >= 0.6 is 0 Å². The quantitative estimate of drug-likeness (QED) is 0.816. The van der Waals surface area contributed by atoms with Gasteiger partial charge in [0.15, 0.2) is 5.82 Å². The maximum absolute atomic E-state index is 5.09. The topological polar surface area (TPSA) is 63.0 Å². The number of aryl methyl sites for hydroxylation is 2. The summed E-state index contributed by atoms with van der Waals surface area (Å²) in [5.74, 6) is 1.39. The molecule has 2 heterocycles. The van der Waals surface area contributed by atoms with Crippen LogP contribution in [0.1, 0.15) is 29.3 Å². The van der Waals surface area contributed by atoms with E-state index in [9.17, 15) is 0 Å². The largest absolute Gasteiger partial charge is 0.385 e. The average molecular weight is 272 g/mol. The highest BCUT2D eigenvalue weighted by atomic mass is 16.5. The Labute approximate surface area is 118 Å². The average Bonchev–Trinajstić information content (AvgIpc) is 2.89. The van der Waals surface area contributed by atoms with Crippen LogP contribution in [-0.4, -0.2) is 23.2 Å². The summed E-state index contributed by atoms with van der Waals surface area (Å²) in [5, 5.41) is 10.7. The molecule has 2 aromatic rings. The van der Waals surface area contributed by atoms with E-state index in [0.717, 1.165) is 26.1 Å². The third kappa shape index (κ3) is 2.99. The first-order valence-electron chi connectivity index (χ1n) is 7.17. The zero-order chi connectivity index (χ0) is 13.8. The maximum atomic E-state index is 5.09. The summed E-state index contributed by atoms with van der Waals surface area (Å²) in [6.07, 6.45) is 3.17. The van der Waals surface area contributed by atoms with E-state index in [2.05, 4.69) is 39.0 Å². The van der Waals surface area contributed by atoms with Gasteiger partial charge in [-0.25, -0.2) is 0 Å². The summed E-state index contributed by atoms with van der Waals surface area (Å²) in [6, 6.07) is 6.54. The molecule has 106 valence electrons. The fourth-order valence-corrected chi connectivity index (χ4v) is 2.59. The molecule has 0 atom stereocenters. The third-order valence-electron chi connectivity index (χ3n) is 3.56. The number of nitrogens with zero attached hydrogens (tertiary/aromatic N) is 2. The number of benzene rings is 1. The number of fused-ring (bicyclic) bond motifs is 1. The second-order valence-corrected chi connectivity index (χ2v) is 5.14. The van der Waals surface area contributed by atoms with Gasteiger partial charge in [0, 0.05) is 31.7 Å². The van der Waals surface area contributed by atoms with Crippen LogP contribution in [0.2, 0.25) is 0 Å². The fraction of sp³-hybridized carbons (Fsp3) is 0.467. The predicted octanol–water partition coefficient (Wildman–Crippen LogP) is 2.07. The number of aromatic nitrogens is 2. The molecule has 5 nitrogen and oxygen atoms in total. The van der Waals surface area contributed by atoms with Crippen LogP contribution in [0.25, 0.3) is 0 Å². The molecule has 0 bridgehead atoms. The normalized spacial score (nSPS) is 13.8. The molecule has 2 N–H and O–H groups in total. The van der Waals surface area contributed by atoms with Crippen molar-refractivity contribution >= 4 is 5.69 Å². The zero-order valence-electron chi connectivity index (χ0n) is 11.8. The highest BCUT2D eigenvalue weighted by molar-refractivity contribution is 5.59. The lowest BCUT2D eigenvalue weighted by Crippen LogP contribution is -2.20. The number of rotatable bonds is 5. The van der Waals surface area contributed by atoms with Crippen LogP contribution in [0.15, 0.2) is 22.7 Å². The summed E-state index contributed by atoms with van der Waals surface area (Å²) in [5.41, 5.74) is 4.09. The van der Waals surface area contributed by atoms with Gasteiger partial charge >= 0.3 is 0 Å². The Bertz CT molecular complexity index is 579. The van der Waals surface area contributed by atoms with Gasteiger partial charge in [-0.1, -0.05) is 23.4 Å². The Kier molecular flexibility index (Phi) is 3.97. The van der Waals surface area contributed by atoms with E-state index >= 15 is 0 Å². The molecule has 0 saturated heterocycles. The smallest absolute Gasteiger partial charge is 0.227 e. The van der Waals surface area contributed by atoms with Crippen molar-refractivity contribution in [2.24, 2.45) is 0 Å². The van der Waals surface area contributed by atoms with Crippen LogP contribution in [0.4, 0.5) is 5.69 Å². The predicted molar refractivity (Wildman–Crippen MR) is 77.7 cm³/mol. The molecular weight excluding hydrogens is 252 g/mol.